The Morgan fingerprint density at radius 1 is 1.38 bits per heavy atom. The molecule has 2 rings (SSSR count). The number of esters is 1. The Hall–Kier alpha value is -2.08. The first-order valence-corrected chi connectivity index (χ1v) is 6.95. The van der Waals surface area contributed by atoms with Crippen molar-refractivity contribution >= 4 is 17.6 Å². The molecule has 7 heteroatoms. The lowest BCUT2D eigenvalue weighted by atomic mass is 10.3. The summed E-state index contributed by atoms with van der Waals surface area (Å²) in [5, 5.41) is 8.32. The summed E-state index contributed by atoms with van der Waals surface area (Å²) in [6.45, 7) is 4.65. The minimum absolute atomic E-state index is 0.231. The fraction of sp³-hybridized carbons (Fsp3) is 0.357. The predicted molar refractivity (Wildman–Crippen MR) is 77.7 cm³/mol. The monoisotopic (exact) mass is 309 g/mol. The predicted octanol–water partition coefficient (Wildman–Crippen LogP) is 2.50. The molecule has 0 N–H and O–H groups in total. The molecule has 6 nitrogen and oxygen atoms in total. The Morgan fingerprint density at radius 2 is 2.14 bits per heavy atom. The fourth-order valence-electron chi connectivity index (χ4n) is 1.76. The van der Waals surface area contributed by atoms with Gasteiger partial charge in [-0.05, 0) is 26.0 Å². The number of nitrogens with zero attached hydrogens (tertiary/aromatic N) is 3. The maximum absolute atomic E-state index is 11.6. The van der Waals surface area contributed by atoms with E-state index in [1.165, 1.54) is 0 Å². The van der Waals surface area contributed by atoms with Crippen LogP contribution < -0.4 is 4.74 Å². The smallest absolute Gasteiger partial charge is 0.360 e. The highest BCUT2D eigenvalue weighted by molar-refractivity contribution is 6.32. The van der Waals surface area contributed by atoms with Gasteiger partial charge in [-0.1, -0.05) is 28.9 Å². The van der Waals surface area contributed by atoms with Gasteiger partial charge in [-0.25, -0.2) is 9.48 Å². The number of carbonyl (C=O) groups excluding carboxylic acids is 1. The Balaban J connectivity index is 1.95. The SMILES string of the molecule is CCOC(=O)c1nnn(CCOc2ccccc2Cl)c1C. The largest absolute Gasteiger partial charge is 0.490 e. The van der Waals surface area contributed by atoms with Crippen molar-refractivity contribution in [1.82, 2.24) is 15.0 Å². The Bertz CT molecular complexity index is 628. The molecule has 0 unspecified atom stereocenters. The van der Waals surface area contributed by atoms with E-state index in [9.17, 15) is 4.79 Å². The number of hydrogen-bond donors (Lipinski definition) is 0. The lowest BCUT2D eigenvalue weighted by molar-refractivity contribution is 0.0518. The van der Waals surface area contributed by atoms with Crippen LogP contribution in [-0.2, 0) is 11.3 Å². The summed E-state index contributed by atoms with van der Waals surface area (Å²) in [5.74, 6) is 0.149. The van der Waals surface area contributed by atoms with Crippen molar-refractivity contribution in [2.45, 2.75) is 20.4 Å². The number of aromatic nitrogens is 3. The van der Waals surface area contributed by atoms with Gasteiger partial charge in [-0.2, -0.15) is 0 Å². The highest BCUT2D eigenvalue weighted by Gasteiger charge is 2.17. The maximum atomic E-state index is 11.6. The van der Waals surface area contributed by atoms with Crippen molar-refractivity contribution in [2.75, 3.05) is 13.2 Å². The van der Waals surface area contributed by atoms with Gasteiger partial charge in [-0.3, -0.25) is 0 Å². The van der Waals surface area contributed by atoms with E-state index < -0.39 is 5.97 Å². The van der Waals surface area contributed by atoms with Gasteiger partial charge < -0.3 is 9.47 Å². The van der Waals surface area contributed by atoms with Crippen LogP contribution in [0.1, 0.15) is 23.1 Å². The van der Waals surface area contributed by atoms with Crippen molar-refractivity contribution in [3.05, 3.63) is 40.7 Å². The summed E-state index contributed by atoms with van der Waals surface area (Å²) in [6, 6.07) is 7.24. The molecule has 1 aromatic carbocycles. The second kappa shape index (κ2) is 7.08. The number of benzene rings is 1. The lowest BCUT2D eigenvalue weighted by Gasteiger charge is -2.08. The maximum Gasteiger partial charge on any atom is 0.360 e. The zero-order valence-corrected chi connectivity index (χ0v) is 12.6. The number of ether oxygens (including phenoxy) is 2. The van der Waals surface area contributed by atoms with Gasteiger partial charge in [-0.15, -0.1) is 5.10 Å². The van der Waals surface area contributed by atoms with Gasteiger partial charge in [0.1, 0.15) is 12.4 Å². The number of hydrogen-bond acceptors (Lipinski definition) is 5. The topological polar surface area (TPSA) is 66.2 Å². The van der Waals surface area contributed by atoms with Crippen LogP contribution in [0.15, 0.2) is 24.3 Å². The molecular formula is C14H16ClN3O3. The summed E-state index contributed by atoms with van der Waals surface area (Å²) < 4.78 is 12.1. The number of rotatable bonds is 6. The molecule has 0 aliphatic heterocycles. The highest BCUT2D eigenvalue weighted by Crippen LogP contribution is 2.22. The summed E-state index contributed by atoms with van der Waals surface area (Å²) in [5.41, 5.74) is 0.880. The molecule has 1 heterocycles. The van der Waals surface area contributed by atoms with E-state index in [1.54, 1.807) is 30.7 Å². The Labute approximate surface area is 127 Å². The van der Waals surface area contributed by atoms with Crippen molar-refractivity contribution in [3.63, 3.8) is 0 Å². The third-order valence-electron chi connectivity index (χ3n) is 2.85. The molecule has 0 saturated carbocycles. The summed E-state index contributed by atoms with van der Waals surface area (Å²) >= 11 is 6.00. The van der Waals surface area contributed by atoms with Gasteiger partial charge in [0.05, 0.1) is 23.9 Å². The van der Waals surface area contributed by atoms with Gasteiger partial charge in [0, 0.05) is 0 Å². The molecule has 21 heavy (non-hydrogen) atoms. The van der Waals surface area contributed by atoms with Gasteiger partial charge >= 0.3 is 5.97 Å². The van der Waals surface area contributed by atoms with Crippen molar-refractivity contribution in [3.8, 4) is 5.75 Å². The third kappa shape index (κ3) is 3.72. The standard InChI is InChI=1S/C14H16ClN3O3/c1-3-20-14(19)13-10(2)18(17-16-13)8-9-21-12-7-5-4-6-11(12)15/h4-7H,3,8-9H2,1-2H3. The number of carbonyl (C=O) groups is 1. The van der Waals surface area contributed by atoms with E-state index in [0.29, 0.717) is 36.2 Å². The average Bonchev–Trinajstić information content (AvgIpc) is 2.83. The molecule has 0 aliphatic carbocycles. The average molecular weight is 310 g/mol. The molecule has 112 valence electrons. The first kappa shape index (κ1) is 15.3. The number of halogens is 1. The Kier molecular flexibility index (Phi) is 5.16. The van der Waals surface area contributed by atoms with Crippen molar-refractivity contribution < 1.29 is 14.3 Å². The highest BCUT2D eigenvalue weighted by atomic mass is 35.5. The molecule has 1 aromatic heterocycles. The fourth-order valence-corrected chi connectivity index (χ4v) is 1.95. The quantitative estimate of drug-likeness (QED) is 0.767. The molecule has 0 radical (unpaired) electrons. The van der Waals surface area contributed by atoms with Crippen molar-refractivity contribution in [2.24, 2.45) is 0 Å². The first-order valence-electron chi connectivity index (χ1n) is 6.58. The van der Waals surface area contributed by atoms with E-state index >= 15 is 0 Å². The molecule has 0 aliphatic rings. The van der Waals surface area contributed by atoms with Crippen LogP contribution in [-0.4, -0.2) is 34.2 Å². The molecule has 0 atom stereocenters. The normalized spacial score (nSPS) is 10.4. The van der Waals surface area contributed by atoms with Crippen LogP contribution in [0.5, 0.6) is 5.75 Å². The summed E-state index contributed by atoms with van der Waals surface area (Å²) in [6.07, 6.45) is 0. The second-order valence-corrected chi connectivity index (χ2v) is 4.65. The van der Waals surface area contributed by atoms with Gasteiger partial charge in [0.15, 0.2) is 5.69 Å². The molecule has 2 aromatic rings. The summed E-state index contributed by atoms with van der Waals surface area (Å²) in [7, 11) is 0. The van der Waals surface area contributed by atoms with Crippen LogP contribution in [0.3, 0.4) is 0 Å². The number of para-hydroxylation sites is 1. The van der Waals surface area contributed by atoms with E-state index in [2.05, 4.69) is 10.3 Å². The third-order valence-corrected chi connectivity index (χ3v) is 3.16. The Morgan fingerprint density at radius 3 is 2.86 bits per heavy atom. The molecule has 0 spiro atoms. The summed E-state index contributed by atoms with van der Waals surface area (Å²) in [4.78, 5) is 11.6. The van der Waals surface area contributed by atoms with E-state index in [0.717, 1.165) is 0 Å². The first-order chi connectivity index (χ1) is 10.1. The van der Waals surface area contributed by atoms with Crippen LogP contribution in [0.4, 0.5) is 0 Å². The van der Waals surface area contributed by atoms with Crippen LogP contribution >= 0.6 is 11.6 Å². The van der Waals surface area contributed by atoms with E-state index in [4.69, 9.17) is 21.1 Å². The lowest BCUT2D eigenvalue weighted by Crippen LogP contribution is -2.12. The van der Waals surface area contributed by atoms with Crippen LogP contribution in [0, 0.1) is 6.92 Å². The zero-order valence-electron chi connectivity index (χ0n) is 11.9. The van der Waals surface area contributed by atoms with Crippen LogP contribution in [0.2, 0.25) is 5.02 Å². The minimum atomic E-state index is -0.465. The van der Waals surface area contributed by atoms with E-state index in [1.807, 2.05) is 12.1 Å². The minimum Gasteiger partial charge on any atom is -0.490 e. The van der Waals surface area contributed by atoms with Gasteiger partial charge in [0.2, 0.25) is 0 Å². The van der Waals surface area contributed by atoms with Crippen molar-refractivity contribution in [1.29, 1.82) is 0 Å². The van der Waals surface area contributed by atoms with Crippen LogP contribution in [0.25, 0.3) is 0 Å². The zero-order chi connectivity index (χ0) is 15.2. The second-order valence-electron chi connectivity index (χ2n) is 4.25. The van der Waals surface area contributed by atoms with E-state index in [-0.39, 0.29) is 5.69 Å². The molecule has 0 amide bonds. The van der Waals surface area contributed by atoms with Gasteiger partial charge in [0.25, 0.3) is 0 Å². The molecule has 0 fully saturated rings. The molecule has 0 saturated heterocycles. The molecule has 0 bridgehead atoms. The molecular weight excluding hydrogens is 294 g/mol.